The maximum atomic E-state index is 12.6. The summed E-state index contributed by atoms with van der Waals surface area (Å²) in [5.74, 6) is -0.115. The van der Waals surface area contributed by atoms with Gasteiger partial charge in [-0.2, -0.15) is 0 Å². The van der Waals surface area contributed by atoms with Gasteiger partial charge in [0.1, 0.15) is 10.6 Å². The number of aromatic nitrogens is 1. The smallest absolute Gasteiger partial charge is 0.343 e. The molecule has 0 aliphatic carbocycles. The number of halogens is 1. The minimum atomic E-state index is -0.451. The van der Waals surface area contributed by atoms with Crippen LogP contribution in [0.1, 0.15) is 15.4 Å². The molecule has 10 heteroatoms. The number of hydrogen-bond acceptors (Lipinski definition) is 8. The van der Waals surface area contributed by atoms with Crippen molar-refractivity contribution in [2.75, 3.05) is 50.1 Å². The lowest BCUT2D eigenvalue weighted by Gasteiger charge is -2.26. The number of carbonyl (C=O) groups is 2. The molecule has 3 rings (SSSR count). The second-order valence-corrected chi connectivity index (χ2v) is 6.97. The molecular formula is C18H23BrN4O4S. The minimum absolute atomic E-state index is 0. The first-order chi connectivity index (χ1) is 13.1. The molecule has 0 saturated carbocycles. The molecule has 0 spiro atoms. The minimum Gasteiger partial charge on any atom is -0.482 e. The van der Waals surface area contributed by atoms with Crippen LogP contribution in [0.4, 0.5) is 10.8 Å². The van der Waals surface area contributed by atoms with Crippen molar-refractivity contribution in [2.45, 2.75) is 6.92 Å². The number of nitrogens with one attached hydrogen (secondary N) is 2. The van der Waals surface area contributed by atoms with Crippen LogP contribution in [0.15, 0.2) is 24.3 Å². The van der Waals surface area contributed by atoms with Gasteiger partial charge in [-0.15, -0.1) is 17.0 Å². The zero-order valence-corrected chi connectivity index (χ0v) is 18.2. The van der Waals surface area contributed by atoms with Gasteiger partial charge < -0.3 is 25.0 Å². The molecule has 152 valence electrons. The van der Waals surface area contributed by atoms with Crippen LogP contribution < -0.4 is 20.3 Å². The van der Waals surface area contributed by atoms with Crippen molar-refractivity contribution in [1.29, 1.82) is 0 Å². The van der Waals surface area contributed by atoms with Crippen molar-refractivity contribution < 1.29 is 19.1 Å². The van der Waals surface area contributed by atoms with Crippen LogP contribution in [0.25, 0.3) is 0 Å². The zero-order valence-electron chi connectivity index (χ0n) is 15.7. The van der Waals surface area contributed by atoms with E-state index < -0.39 is 5.97 Å². The maximum Gasteiger partial charge on any atom is 0.343 e. The lowest BCUT2D eigenvalue weighted by Crippen LogP contribution is -2.43. The zero-order chi connectivity index (χ0) is 19.2. The van der Waals surface area contributed by atoms with Crippen molar-refractivity contribution in [3.8, 4) is 5.75 Å². The Hall–Kier alpha value is -2.17. The molecule has 1 aliphatic heterocycles. The number of benzene rings is 1. The third-order valence-electron chi connectivity index (χ3n) is 4.08. The highest BCUT2D eigenvalue weighted by molar-refractivity contribution is 8.93. The fourth-order valence-electron chi connectivity index (χ4n) is 2.61. The van der Waals surface area contributed by atoms with Crippen LogP contribution in [0.3, 0.4) is 0 Å². The number of piperazine rings is 1. The Kier molecular flexibility index (Phi) is 8.21. The largest absolute Gasteiger partial charge is 0.482 e. The highest BCUT2D eigenvalue weighted by Crippen LogP contribution is 2.27. The first-order valence-electron chi connectivity index (χ1n) is 8.61. The molecule has 1 aliphatic rings. The summed E-state index contributed by atoms with van der Waals surface area (Å²) >= 11 is 1.41. The first-order valence-corrected chi connectivity index (χ1v) is 9.42. The van der Waals surface area contributed by atoms with Crippen molar-refractivity contribution in [3.05, 3.63) is 34.8 Å². The Morgan fingerprint density at radius 2 is 1.93 bits per heavy atom. The molecule has 0 radical (unpaired) electrons. The molecular weight excluding hydrogens is 448 g/mol. The Labute approximate surface area is 178 Å². The van der Waals surface area contributed by atoms with Gasteiger partial charge in [-0.1, -0.05) is 11.3 Å². The number of amides is 1. The average molecular weight is 471 g/mol. The number of carbonyl (C=O) groups excluding carboxylic acids is 2. The van der Waals surface area contributed by atoms with E-state index in [1.54, 1.807) is 24.3 Å². The highest BCUT2D eigenvalue weighted by atomic mass is 79.9. The van der Waals surface area contributed by atoms with Crippen LogP contribution in [0.2, 0.25) is 0 Å². The normalized spacial score (nSPS) is 13.4. The van der Waals surface area contributed by atoms with E-state index in [2.05, 4.69) is 25.3 Å². The number of nitrogens with zero attached hydrogens (tertiary/aromatic N) is 2. The topological polar surface area (TPSA) is 92.8 Å². The molecule has 2 heterocycles. The third-order valence-corrected chi connectivity index (χ3v) is 5.29. The average Bonchev–Trinajstić information content (AvgIpc) is 3.09. The van der Waals surface area contributed by atoms with Gasteiger partial charge in [-0.05, 0) is 31.2 Å². The molecule has 1 aromatic heterocycles. The molecule has 8 nitrogen and oxygen atoms in total. The SMILES string of the molecule is Br.COC(=O)COc1ccc(NC(=O)c2sc(N3CCNCC3)nc2C)cc1. The monoisotopic (exact) mass is 470 g/mol. The number of ether oxygens (including phenoxy) is 2. The Morgan fingerprint density at radius 1 is 1.25 bits per heavy atom. The molecule has 28 heavy (non-hydrogen) atoms. The summed E-state index contributed by atoms with van der Waals surface area (Å²) in [7, 11) is 1.30. The number of esters is 1. The fourth-order valence-corrected chi connectivity index (χ4v) is 3.62. The third kappa shape index (κ3) is 5.66. The summed E-state index contributed by atoms with van der Waals surface area (Å²) in [5, 5.41) is 7.06. The van der Waals surface area contributed by atoms with E-state index in [4.69, 9.17) is 4.74 Å². The van der Waals surface area contributed by atoms with Crippen molar-refractivity contribution in [3.63, 3.8) is 0 Å². The lowest BCUT2D eigenvalue weighted by atomic mass is 10.3. The van der Waals surface area contributed by atoms with E-state index in [1.165, 1.54) is 18.4 Å². The molecule has 1 saturated heterocycles. The van der Waals surface area contributed by atoms with Crippen LogP contribution in [-0.4, -0.2) is 56.8 Å². The Morgan fingerprint density at radius 3 is 2.57 bits per heavy atom. The molecule has 2 N–H and O–H groups in total. The van der Waals surface area contributed by atoms with E-state index >= 15 is 0 Å². The second kappa shape index (κ2) is 10.4. The van der Waals surface area contributed by atoms with Crippen LogP contribution in [0, 0.1) is 6.92 Å². The molecule has 0 atom stereocenters. The molecule has 0 unspecified atom stereocenters. The maximum absolute atomic E-state index is 12.6. The molecule has 1 amide bonds. The van der Waals surface area contributed by atoms with Crippen LogP contribution >= 0.6 is 28.3 Å². The van der Waals surface area contributed by atoms with Gasteiger partial charge >= 0.3 is 5.97 Å². The summed E-state index contributed by atoms with van der Waals surface area (Å²) in [6, 6.07) is 6.81. The Balaban J connectivity index is 0.00000280. The molecule has 0 bridgehead atoms. The lowest BCUT2D eigenvalue weighted by molar-refractivity contribution is -0.142. The van der Waals surface area contributed by atoms with Crippen molar-refractivity contribution in [2.24, 2.45) is 0 Å². The summed E-state index contributed by atoms with van der Waals surface area (Å²) in [6.07, 6.45) is 0. The van der Waals surface area contributed by atoms with Gasteiger partial charge in [-0.25, -0.2) is 9.78 Å². The van der Waals surface area contributed by atoms with Crippen molar-refractivity contribution in [1.82, 2.24) is 10.3 Å². The Bertz CT molecular complexity index is 806. The number of methoxy groups -OCH3 is 1. The van der Waals surface area contributed by atoms with E-state index in [-0.39, 0.29) is 29.5 Å². The van der Waals surface area contributed by atoms with Gasteiger partial charge in [0.25, 0.3) is 5.91 Å². The first kappa shape index (κ1) is 22.1. The molecule has 1 aromatic carbocycles. The number of rotatable bonds is 6. The number of thiazole rings is 1. The van der Waals surface area contributed by atoms with Gasteiger partial charge in [0.05, 0.1) is 12.8 Å². The van der Waals surface area contributed by atoms with Gasteiger partial charge in [0, 0.05) is 31.9 Å². The van der Waals surface area contributed by atoms with Crippen LogP contribution in [0.5, 0.6) is 5.75 Å². The standard InChI is InChI=1S/C18H22N4O4S.BrH/c1-12-16(27-18(20-12)22-9-7-19-8-10-22)17(24)21-13-3-5-14(6-4-13)26-11-15(23)25-2;/h3-6,19H,7-11H2,1-2H3,(H,21,24);1H. The molecule has 1 fully saturated rings. The number of anilines is 2. The van der Waals surface area contributed by atoms with E-state index in [1.807, 2.05) is 6.92 Å². The van der Waals surface area contributed by atoms with E-state index in [0.717, 1.165) is 37.0 Å². The van der Waals surface area contributed by atoms with Gasteiger partial charge in [-0.3, -0.25) is 4.79 Å². The number of aryl methyl sites for hydroxylation is 1. The fraction of sp³-hybridized carbons (Fsp3) is 0.389. The van der Waals surface area contributed by atoms with Crippen molar-refractivity contribution >= 4 is 51.0 Å². The van der Waals surface area contributed by atoms with E-state index in [0.29, 0.717) is 16.3 Å². The van der Waals surface area contributed by atoms with Crippen LogP contribution in [-0.2, 0) is 9.53 Å². The summed E-state index contributed by atoms with van der Waals surface area (Å²) in [5.41, 5.74) is 1.37. The highest BCUT2D eigenvalue weighted by Gasteiger charge is 2.20. The van der Waals surface area contributed by atoms with Gasteiger partial charge in [0.2, 0.25) is 0 Å². The quantitative estimate of drug-likeness (QED) is 0.625. The van der Waals surface area contributed by atoms with Gasteiger partial charge in [0.15, 0.2) is 11.7 Å². The number of hydrogen-bond donors (Lipinski definition) is 2. The summed E-state index contributed by atoms with van der Waals surface area (Å²) in [6.45, 7) is 5.31. The summed E-state index contributed by atoms with van der Waals surface area (Å²) in [4.78, 5) is 31.0. The molecule has 2 aromatic rings. The predicted octanol–water partition coefficient (Wildman–Crippen LogP) is 2.24. The second-order valence-electron chi connectivity index (χ2n) is 5.99. The van der Waals surface area contributed by atoms with E-state index in [9.17, 15) is 9.59 Å². The summed E-state index contributed by atoms with van der Waals surface area (Å²) < 4.78 is 9.81. The predicted molar refractivity (Wildman–Crippen MR) is 114 cm³/mol.